The van der Waals surface area contributed by atoms with E-state index in [-0.39, 0.29) is 0 Å². The summed E-state index contributed by atoms with van der Waals surface area (Å²) in [5.74, 6) is 0. The van der Waals surface area contributed by atoms with Gasteiger partial charge >= 0.3 is 0 Å². The zero-order valence-electron chi connectivity index (χ0n) is 7.23. The number of nitrogens with zero attached hydrogens (tertiary/aromatic N) is 1. The van der Waals surface area contributed by atoms with Crippen molar-refractivity contribution in [1.29, 1.82) is 0 Å². The first-order valence-corrected chi connectivity index (χ1v) is 3.89. The van der Waals surface area contributed by atoms with Gasteiger partial charge in [-0.05, 0) is 38.3 Å². The Labute approximate surface area is 62.9 Å². The number of allylic oxidation sites excluding steroid dienone is 1. The van der Waals surface area contributed by atoms with Crippen molar-refractivity contribution in [3.05, 3.63) is 11.1 Å². The van der Waals surface area contributed by atoms with E-state index in [9.17, 15) is 0 Å². The van der Waals surface area contributed by atoms with Gasteiger partial charge in [-0.1, -0.05) is 6.92 Å². The molecule has 1 unspecified atom stereocenters. The van der Waals surface area contributed by atoms with E-state index >= 15 is 0 Å². The predicted octanol–water partition coefficient (Wildman–Crippen LogP) is 2.58. The zero-order chi connectivity index (χ0) is 7.72. The molecular weight excluding hydrogens is 122 g/mol. The van der Waals surface area contributed by atoms with Crippen LogP contribution < -0.4 is 0 Å². The van der Waals surface area contributed by atoms with E-state index in [1.54, 1.807) is 0 Å². The summed E-state index contributed by atoms with van der Waals surface area (Å²) in [5.41, 5.74) is 4.08. The van der Waals surface area contributed by atoms with Gasteiger partial charge < -0.3 is 0 Å². The second-order valence-corrected chi connectivity index (χ2v) is 2.95. The monoisotopic (exact) mass is 137 g/mol. The average molecular weight is 137 g/mol. The second kappa shape index (κ2) is 2.57. The fraction of sp³-hybridized carbons (Fsp3) is 0.667. The van der Waals surface area contributed by atoms with E-state index in [1.807, 2.05) is 0 Å². The lowest BCUT2D eigenvalue weighted by Crippen LogP contribution is -1.99. The van der Waals surface area contributed by atoms with Crippen LogP contribution in [0.25, 0.3) is 0 Å². The molecule has 1 atom stereocenters. The number of aliphatic imine (C=N–C) groups is 1. The van der Waals surface area contributed by atoms with Crippen LogP contribution in [0.15, 0.2) is 16.1 Å². The molecule has 0 aromatic rings. The first kappa shape index (κ1) is 7.52. The summed E-state index contributed by atoms with van der Waals surface area (Å²) in [6, 6.07) is 0.486. The van der Waals surface area contributed by atoms with E-state index in [4.69, 9.17) is 0 Å². The molecule has 1 heteroatoms. The highest BCUT2D eigenvalue weighted by atomic mass is 14.8. The normalized spacial score (nSPS) is 25.6. The molecule has 0 saturated carbocycles. The summed E-state index contributed by atoms with van der Waals surface area (Å²) in [6.45, 7) is 8.62. The van der Waals surface area contributed by atoms with Gasteiger partial charge in [0.05, 0.1) is 6.04 Å². The van der Waals surface area contributed by atoms with E-state index in [1.165, 1.54) is 16.9 Å². The van der Waals surface area contributed by atoms with Crippen molar-refractivity contribution < 1.29 is 0 Å². The van der Waals surface area contributed by atoms with Crippen LogP contribution in [-0.4, -0.2) is 11.8 Å². The summed E-state index contributed by atoms with van der Waals surface area (Å²) < 4.78 is 0. The fourth-order valence-corrected chi connectivity index (χ4v) is 1.36. The molecule has 0 amide bonds. The van der Waals surface area contributed by atoms with E-state index in [0.717, 1.165) is 6.42 Å². The standard InChI is InChI=1S/C9H15N/c1-5-9-7(3)6(2)8(4)10-9/h9H,5H2,1-4H3. The Balaban J connectivity index is 2.88. The molecule has 0 aromatic heterocycles. The third-order valence-electron chi connectivity index (χ3n) is 2.37. The van der Waals surface area contributed by atoms with Gasteiger partial charge in [0, 0.05) is 5.71 Å². The molecule has 1 heterocycles. The molecule has 1 nitrogen and oxygen atoms in total. The minimum absolute atomic E-state index is 0.486. The second-order valence-electron chi connectivity index (χ2n) is 2.95. The van der Waals surface area contributed by atoms with Gasteiger partial charge in [0.15, 0.2) is 0 Å². The van der Waals surface area contributed by atoms with Crippen LogP contribution in [0.3, 0.4) is 0 Å². The van der Waals surface area contributed by atoms with Crippen LogP contribution in [0.2, 0.25) is 0 Å². The van der Waals surface area contributed by atoms with Gasteiger partial charge in [-0.2, -0.15) is 0 Å². The Morgan fingerprint density at radius 2 is 1.90 bits per heavy atom. The number of rotatable bonds is 1. The maximum Gasteiger partial charge on any atom is 0.0713 e. The van der Waals surface area contributed by atoms with Gasteiger partial charge in [0.2, 0.25) is 0 Å². The predicted molar refractivity (Wildman–Crippen MR) is 45.6 cm³/mol. The van der Waals surface area contributed by atoms with Crippen molar-refractivity contribution in [3.8, 4) is 0 Å². The summed E-state index contributed by atoms with van der Waals surface area (Å²) in [4.78, 5) is 4.51. The number of hydrogen-bond donors (Lipinski definition) is 0. The maximum absolute atomic E-state index is 4.51. The lowest BCUT2D eigenvalue weighted by Gasteiger charge is -2.03. The lowest BCUT2D eigenvalue weighted by atomic mass is 10.0. The van der Waals surface area contributed by atoms with Crippen LogP contribution in [0.4, 0.5) is 0 Å². The van der Waals surface area contributed by atoms with Crippen LogP contribution in [0.1, 0.15) is 34.1 Å². The highest BCUT2D eigenvalue weighted by Gasteiger charge is 2.16. The van der Waals surface area contributed by atoms with Gasteiger partial charge in [0.25, 0.3) is 0 Å². The fourth-order valence-electron chi connectivity index (χ4n) is 1.36. The molecule has 0 aliphatic carbocycles. The summed E-state index contributed by atoms with van der Waals surface area (Å²) in [7, 11) is 0. The van der Waals surface area contributed by atoms with Gasteiger partial charge in [0.1, 0.15) is 0 Å². The summed E-state index contributed by atoms with van der Waals surface area (Å²) in [6.07, 6.45) is 1.14. The van der Waals surface area contributed by atoms with Crippen molar-refractivity contribution in [2.45, 2.75) is 40.2 Å². The Morgan fingerprint density at radius 3 is 2.10 bits per heavy atom. The Morgan fingerprint density at radius 1 is 1.30 bits per heavy atom. The quantitative estimate of drug-likeness (QED) is 0.526. The third-order valence-corrected chi connectivity index (χ3v) is 2.37. The van der Waals surface area contributed by atoms with Crippen LogP contribution >= 0.6 is 0 Å². The van der Waals surface area contributed by atoms with E-state index in [2.05, 4.69) is 32.7 Å². The molecule has 1 aliphatic heterocycles. The minimum atomic E-state index is 0.486. The molecule has 1 rings (SSSR count). The van der Waals surface area contributed by atoms with Gasteiger partial charge in [-0.25, -0.2) is 0 Å². The zero-order valence-corrected chi connectivity index (χ0v) is 7.23. The number of hydrogen-bond acceptors (Lipinski definition) is 1. The molecule has 0 saturated heterocycles. The molecule has 0 radical (unpaired) electrons. The van der Waals surface area contributed by atoms with Crippen molar-refractivity contribution in [3.63, 3.8) is 0 Å². The highest BCUT2D eigenvalue weighted by molar-refractivity contribution is 6.00. The van der Waals surface area contributed by atoms with Crippen LogP contribution in [0.5, 0.6) is 0 Å². The molecule has 0 bridgehead atoms. The van der Waals surface area contributed by atoms with Crippen LogP contribution in [0, 0.1) is 0 Å². The molecule has 0 N–H and O–H groups in total. The summed E-state index contributed by atoms with van der Waals surface area (Å²) >= 11 is 0. The van der Waals surface area contributed by atoms with E-state index in [0.29, 0.717) is 6.04 Å². The van der Waals surface area contributed by atoms with Crippen LogP contribution in [-0.2, 0) is 0 Å². The van der Waals surface area contributed by atoms with E-state index < -0.39 is 0 Å². The highest BCUT2D eigenvalue weighted by Crippen LogP contribution is 2.22. The first-order chi connectivity index (χ1) is 4.66. The largest absolute Gasteiger partial charge is 0.282 e. The molecule has 56 valence electrons. The third kappa shape index (κ3) is 1.00. The van der Waals surface area contributed by atoms with Crippen molar-refractivity contribution >= 4 is 5.71 Å². The van der Waals surface area contributed by atoms with Gasteiger partial charge in [-0.15, -0.1) is 0 Å². The van der Waals surface area contributed by atoms with Crippen molar-refractivity contribution in [2.24, 2.45) is 4.99 Å². The molecule has 0 fully saturated rings. The first-order valence-electron chi connectivity index (χ1n) is 3.89. The molecular formula is C9H15N. The Kier molecular flexibility index (Phi) is 1.93. The van der Waals surface area contributed by atoms with Crippen molar-refractivity contribution in [1.82, 2.24) is 0 Å². The SMILES string of the molecule is CCC1N=C(C)C(C)=C1C. The van der Waals surface area contributed by atoms with Crippen molar-refractivity contribution in [2.75, 3.05) is 0 Å². The maximum atomic E-state index is 4.51. The minimum Gasteiger partial charge on any atom is -0.282 e. The molecule has 0 aromatic carbocycles. The van der Waals surface area contributed by atoms with Gasteiger partial charge in [-0.3, -0.25) is 4.99 Å². The molecule has 1 aliphatic rings. The lowest BCUT2D eigenvalue weighted by molar-refractivity contribution is 0.754. The summed E-state index contributed by atoms with van der Waals surface area (Å²) in [5, 5.41) is 0. The molecule has 10 heavy (non-hydrogen) atoms. The molecule has 0 spiro atoms. The Bertz CT molecular complexity index is 199. The smallest absolute Gasteiger partial charge is 0.0713 e. The Hall–Kier alpha value is -0.590. The average Bonchev–Trinajstić information content (AvgIpc) is 2.17. The topological polar surface area (TPSA) is 12.4 Å².